The molecular formula is C13H26N2O4. The van der Waals surface area contributed by atoms with Gasteiger partial charge in [0.25, 0.3) is 0 Å². The van der Waals surface area contributed by atoms with E-state index in [0.29, 0.717) is 52.4 Å². The third-order valence-corrected chi connectivity index (χ3v) is 3.27. The van der Waals surface area contributed by atoms with Crippen molar-refractivity contribution in [3.05, 3.63) is 0 Å². The maximum absolute atomic E-state index is 12.0. The Morgan fingerprint density at radius 3 is 2.68 bits per heavy atom. The highest BCUT2D eigenvalue weighted by Crippen LogP contribution is 2.17. The molecule has 0 aliphatic carbocycles. The van der Waals surface area contributed by atoms with Gasteiger partial charge in [-0.25, -0.2) is 0 Å². The predicted octanol–water partition coefficient (Wildman–Crippen LogP) is 0.0537. The highest BCUT2D eigenvalue weighted by atomic mass is 16.5. The summed E-state index contributed by atoms with van der Waals surface area (Å²) in [6.45, 7) is 3.71. The number of unbranched alkanes of at least 4 members (excludes halogenated alkanes) is 1. The van der Waals surface area contributed by atoms with Gasteiger partial charge in [0.15, 0.2) is 0 Å². The molecule has 1 fully saturated rings. The van der Waals surface area contributed by atoms with Crippen molar-refractivity contribution in [3.8, 4) is 0 Å². The van der Waals surface area contributed by atoms with E-state index in [1.54, 1.807) is 7.11 Å². The van der Waals surface area contributed by atoms with E-state index in [1.165, 1.54) is 0 Å². The summed E-state index contributed by atoms with van der Waals surface area (Å²) in [5.74, 6) is -0.0592. The molecule has 1 rings (SSSR count). The molecule has 0 atom stereocenters. The molecule has 0 aromatic heterocycles. The molecule has 112 valence electrons. The van der Waals surface area contributed by atoms with E-state index in [4.69, 9.17) is 19.9 Å². The van der Waals surface area contributed by atoms with Crippen LogP contribution in [-0.4, -0.2) is 58.1 Å². The number of nitrogens with two attached hydrogens (primary N) is 1. The van der Waals surface area contributed by atoms with Crippen LogP contribution in [0.2, 0.25) is 0 Å². The van der Waals surface area contributed by atoms with Crippen molar-refractivity contribution in [1.29, 1.82) is 0 Å². The fourth-order valence-corrected chi connectivity index (χ4v) is 1.91. The van der Waals surface area contributed by atoms with Crippen LogP contribution in [0.1, 0.15) is 25.7 Å². The highest BCUT2D eigenvalue weighted by Gasteiger charge is 2.35. The minimum absolute atomic E-state index is 0.0592. The Morgan fingerprint density at radius 1 is 1.26 bits per heavy atom. The van der Waals surface area contributed by atoms with Crippen molar-refractivity contribution in [2.45, 2.75) is 31.2 Å². The maximum Gasteiger partial charge on any atom is 0.240 e. The number of nitrogens with one attached hydrogen (secondary N) is 1. The molecule has 1 heterocycles. The van der Waals surface area contributed by atoms with E-state index in [9.17, 15) is 4.79 Å². The first kappa shape index (κ1) is 16.4. The van der Waals surface area contributed by atoms with Gasteiger partial charge in [-0.2, -0.15) is 0 Å². The average molecular weight is 274 g/mol. The molecule has 0 radical (unpaired) electrons. The number of hydrogen-bond donors (Lipinski definition) is 2. The number of hydrogen-bond acceptors (Lipinski definition) is 5. The van der Waals surface area contributed by atoms with Crippen LogP contribution in [0.15, 0.2) is 0 Å². The smallest absolute Gasteiger partial charge is 0.240 e. The normalized spacial score (nSPS) is 18.2. The zero-order valence-corrected chi connectivity index (χ0v) is 11.8. The van der Waals surface area contributed by atoms with Gasteiger partial charge in [-0.1, -0.05) is 0 Å². The van der Waals surface area contributed by atoms with E-state index in [2.05, 4.69) is 5.32 Å². The van der Waals surface area contributed by atoms with Crippen LogP contribution in [-0.2, 0) is 19.0 Å². The van der Waals surface area contributed by atoms with Gasteiger partial charge in [0.1, 0.15) is 0 Å². The van der Waals surface area contributed by atoms with Gasteiger partial charge in [0, 0.05) is 33.5 Å². The number of amides is 1. The van der Waals surface area contributed by atoms with Gasteiger partial charge < -0.3 is 25.3 Å². The van der Waals surface area contributed by atoms with Crippen LogP contribution >= 0.6 is 0 Å². The molecule has 1 saturated heterocycles. The molecule has 3 N–H and O–H groups in total. The minimum Gasteiger partial charge on any atom is -0.382 e. The van der Waals surface area contributed by atoms with E-state index < -0.39 is 5.54 Å². The van der Waals surface area contributed by atoms with Crippen LogP contribution < -0.4 is 11.1 Å². The first-order chi connectivity index (χ1) is 9.19. The van der Waals surface area contributed by atoms with Crippen molar-refractivity contribution in [2.75, 3.05) is 46.7 Å². The van der Waals surface area contributed by atoms with Gasteiger partial charge in [-0.3, -0.25) is 4.79 Å². The molecule has 1 amide bonds. The lowest BCUT2D eigenvalue weighted by molar-refractivity contribution is -0.129. The molecule has 0 aromatic carbocycles. The Morgan fingerprint density at radius 2 is 2.00 bits per heavy atom. The standard InChI is InChI=1S/C13H26N2O4/c1-17-10-11-18-7-3-2-6-15-12(16)13(14)4-8-19-9-5-13/h2-11,14H2,1H3,(H,15,16). The fourth-order valence-electron chi connectivity index (χ4n) is 1.91. The van der Waals surface area contributed by atoms with Crippen molar-refractivity contribution in [1.82, 2.24) is 5.32 Å². The van der Waals surface area contributed by atoms with Crippen molar-refractivity contribution in [2.24, 2.45) is 5.73 Å². The summed E-state index contributed by atoms with van der Waals surface area (Å²) < 4.78 is 15.4. The summed E-state index contributed by atoms with van der Waals surface area (Å²) in [4.78, 5) is 12.0. The maximum atomic E-state index is 12.0. The second kappa shape index (κ2) is 9.25. The second-order valence-corrected chi connectivity index (χ2v) is 4.84. The van der Waals surface area contributed by atoms with E-state index >= 15 is 0 Å². The van der Waals surface area contributed by atoms with Crippen molar-refractivity contribution in [3.63, 3.8) is 0 Å². The Balaban J connectivity index is 2.01. The third-order valence-electron chi connectivity index (χ3n) is 3.27. The van der Waals surface area contributed by atoms with E-state index in [0.717, 1.165) is 12.8 Å². The first-order valence-electron chi connectivity index (χ1n) is 6.91. The van der Waals surface area contributed by atoms with Gasteiger partial charge in [-0.15, -0.1) is 0 Å². The molecule has 0 unspecified atom stereocenters. The quantitative estimate of drug-likeness (QED) is 0.581. The summed E-state index contributed by atoms with van der Waals surface area (Å²) in [6.07, 6.45) is 3.01. The van der Waals surface area contributed by atoms with Crippen molar-refractivity contribution < 1.29 is 19.0 Å². The van der Waals surface area contributed by atoms with Gasteiger partial charge in [0.05, 0.1) is 18.8 Å². The van der Waals surface area contributed by atoms with Crippen LogP contribution in [0.4, 0.5) is 0 Å². The Bertz CT molecular complexity index is 255. The molecule has 1 aliphatic heterocycles. The summed E-state index contributed by atoms with van der Waals surface area (Å²) in [5.41, 5.74) is 5.32. The first-order valence-corrected chi connectivity index (χ1v) is 6.91. The zero-order valence-electron chi connectivity index (χ0n) is 11.8. The van der Waals surface area contributed by atoms with Gasteiger partial charge in [0.2, 0.25) is 5.91 Å². The molecule has 0 aromatic rings. The molecule has 0 saturated carbocycles. The van der Waals surface area contributed by atoms with Crippen LogP contribution in [0, 0.1) is 0 Å². The molecule has 19 heavy (non-hydrogen) atoms. The van der Waals surface area contributed by atoms with Crippen LogP contribution in [0.25, 0.3) is 0 Å². The topological polar surface area (TPSA) is 82.8 Å². The Hall–Kier alpha value is -0.690. The second-order valence-electron chi connectivity index (χ2n) is 4.84. The largest absolute Gasteiger partial charge is 0.382 e. The fraction of sp³-hybridized carbons (Fsp3) is 0.923. The SMILES string of the molecule is COCCOCCCCNC(=O)C1(N)CCOCC1. The third kappa shape index (κ3) is 6.33. The van der Waals surface area contributed by atoms with Crippen LogP contribution in [0.3, 0.4) is 0 Å². The lowest BCUT2D eigenvalue weighted by Gasteiger charge is -2.31. The lowest BCUT2D eigenvalue weighted by Crippen LogP contribution is -2.57. The Kier molecular flexibility index (Phi) is 7.97. The average Bonchev–Trinajstić information content (AvgIpc) is 2.42. The molecule has 6 nitrogen and oxygen atoms in total. The number of ether oxygens (including phenoxy) is 3. The van der Waals surface area contributed by atoms with Crippen molar-refractivity contribution >= 4 is 5.91 Å². The summed E-state index contributed by atoms with van der Waals surface area (Å²) in [7, 11) is 1.65. The number of carbonyl (C=O) groups is 1. The number of rotatable bonds is 9. The minimum atomic E-state index is -0.743. The highest BCUT2D eigenvalue weighted by molar-refractivity contribution is 5.86. The summed E-state index contributed by atoms with van der Waals surface area (Å²) >= 11 is 0. The molecule has 0 spiro atoms. The summed E-state index contributed by atoms with van der Waals surface area (Å²) in [5, 5.41) is 2.90. The Labute approximate surface area is 115 Å². The monoisotopic (exact) mass is 274 g/mol. The van der Waals surface area contributed by atoms with Gasteiger partial charge >= 0.3 is 0 Å². The molecule has 6 heteroatoms. The summed E-state index contributed by atoms with van der Waals surface area (Å²) in [6, 6.07) is 0. The number of methoxy groups -OCH3 is 1. The number of carbonyl (C=O) groups excluding carboxylic acids is 1. The zero-order chi connectivity index (χ0) is 14.0. The molecule has 0 bridgehead atoms. The van der Waals surface area contributed by atoms with Gasteiger partial charge in [-0.05, 0) is 25.7 Å². The molecular weight excluding hydrogens is 248 g/mol. The van der Waals surface area contributed by atoms with Crippen LogP contribution in [0.5, 0.6) is 0 Å². The van der Waals surface area contributed by atoms with E-state index in [-0.39, 0.29) is 5.91 Å². The molecule has 1 aliphatic rings. The lowest BCUT2D eigenvalue weighted by atomic mass is 9.90. The van der Waals surface area contributed by atoms with E-state index in [1.807, 2.05) is 0 Å². The predicted molar refractivity (Wildman–Crippen MR) is 71.9 cm³/mol.